The predicted molar refractivity (Wildman–Crippen MR) is 272 cm³/mol. The Kier molecular flexibility index (Phi) is 17.4. The lowest BCUT2D eigenvalue weighted by Gasteiger charge is -2.56. The smallest absolute Gasteiger partial charge is 0.311 e. The van der Waals surface area contributed by atoms with Gasteiger partial charge in [0.1, 0.15) is 12.2 Å². The molecule has 0 aromatic carbocycles. The molecule has 0 spiro atoms. The summed E-state index contributed by atoms with van der Waals surface area (Å²) in [6, 6.07) is 0. The number of rotatable bonds is 15. The highest BCUT2D eigenvalue weighted by molar-refractivity contribution is 5.76. The summed E-state index contributed by atoms with van der Waals surface area (Å²) in [6.45, 7) is 11.0. The van der Waals surface area contributed by atoms with Crippen LogP contribution in [0, 0.1) is 117 Å². The molecule has 0 aliphatic heterocycles. The van der Waals surface area contributed by atoms with Gasteiger partial charge in [-0.15, -0.1) is 0 Å². The van der Waals surface area contributed by atoms with E-state index < -0.39 is 5.41 Å². The van der Waals surface area contributed by atoms with E-state index >= 15 is 0 Å². The molecule has 0 aromatic heterocycles. The van der Waals surface area contributed by atoms with Crippen molar-refractivity contribution in [2.45, 2.75) is 217 Å². The molecular formula is C60H100O10. The quantitative estimate of drug-likeness (QED) is 0.0515. The lowest BCUT2D eigenvalue weighted by atomic mass is 9.50. The SMILES string of the molecule is C.C.C.C.CCC(C)(C)C(=O)OC1CC2CC1C1C3CC(CC3C(=O)OCOC3CCCCC3)C21.CCC(C)C(=O)OC1CC2CC1C1C3CC(CC3C(=O)OCOCC34CC5CC(CC(C5)C3)C4)C21. The minimum Gasteiger partial charge on any atom is -0.462 e. The second-order valence-electron chi connectivity index (χ2n) is 25.9. The van der Waals surface area contributed by atoms with Gasteiger partial charge in [-0.2, -0.15) is 0 Å². The summed E-state index contributed by atoms with van der Waals surface area (Å²) in [5.41, 5.74) is -0.0494. The molecule has 10 heteroatoms. The topological polar surface area (TPSA) is 124 Å². The molecule has 13 aliphatic rings. The average Bonchev–Trinajstić information content (AvgIpc) is 4.18. The van der Waals surface area contributed by atoms with Crippen molar-refractivity contribution in [2.75, 3.05) is 20.2 Å². The van der Waals surface area contributed by atoms with Gasteiger partial charge in [0.05, 0.1) is 35.9 Å². The van der Waals surface area contributed by atoms with Crippen molar-refractivity contribution >= 4 is 23.9 Å². The first-order valence-electron chi connectivity index (χ1n) is 27.8. The highest BCUT2D eigenvalue weighted by Crippen LogP contribution is 2.71. The van der Waals surface area contributed by atoms with Crippen molar-refractivity contribution < 1.29 is 47.6 Å². The lowest BCUT2D eigenvalue weighted by Crippen LogP contribution is -2.48. The first-order valence-corrected chi connectivity index (χ1v) is 27.8. The zero-order valence-corrected chi connectivity index (χ0v) is 41.2. The van der Waals surface area contributed by atoms with Crippen LogP contribution < -0.4 is 0 Å². The molecule has 0 N–H and O–H groups in total. The van der Waals surface area contributed by atoms with E-state index in [2.05, 4.69) is 0 Å². The van der Waals surface area contributed by atoms with E-state index in [4.69, 9.17) is 28.4 Å². The fourth-order valence-electron chi connectivity index (χ4n) is 19.2. The zero-order chi connectivity index (χ0) is 45.6. The third kappa shape index (κ3) is 10.1. The predicted octanol–water partition coefficient (Wildman–Crippen LogP) is 13.3. The van der Waals surface area contributed by atoms with Crippen molar-refractivity contribution in [1.29, 1.82) is 0 Å². The Labute approximate surface area is 425 Å². The first kappa shape index (κ1) is 55.5. The van der Waals surface area contributed by atoms with Gasteiger partial charge >= 0.3 is 23.9 Å². The minimum atomic E-state index is -0.416. The Hall–Kier alpha value is -2.20. The van der Waals surface area contributed by atoms with Gasteiger partial charge in [-0.3, -0.25) is 19.2 Å². The lowest BCUT2D eigenvalue weighted by molar-refractivity contribution is -0.175. The summed E-state index contributed by atoms with van der Waals surface area (Å²) in [5, 5.41) is 0. The molecule has 0 amide bonds. The molecule has 17 unspecified atom stereocenters. The number of hydrogen-bond donors (Lipinski definition) is 0. The molecule has 12 bridgehead atoms. The number of carbonyl (C=O) groups is 4. The van der Waals surface area contributed by atoms with E-state index in [1.165, 1.54) is 77.0 Å². The largest absolute Gasteiger partial charge is 0.462 e. The summed E-state index contributed by atoms with van der Waals surface area (Å²) in [5.74, 6) is 9.61. The van der Waals surface area contributed by atoms with E-state index in [0.717, 1.165) is 94.0 Å². The standard InChI is InChI=1S/C30H44O5.C26H40O5.4CH4/c1-3-16(2)28(31)35-25-10-21-9-24(25)27-22-7-20(26(21)27)8-23(22)29(32)34-15-33-14-30-11-17-4-18(12-30)6-19(5-17)13-30;1-4-26(2,3)25(28)31-21-13-16-12-20(21)23-18-10-15(22(16)23)11-19(18)24(27)30-14-29-17-8-6-5-7-9-17;;;;/h16-27H,3-15H2,1-2H3;15-23H,4-14H2,1-3H3;4*1H4. The maximum absolute atomic E-state index is 13.2. The van der Waals surface area contributed by atoms with E-state index in [1.54, 1.807) is 0 Å². The third-order valence-corrected chi connectivity index (χ3v) is 22.0. The molecule has 0 heterocycles. The zero-order valence-electron chi connectivity index (χ0n) is 41.2. The number of ether oxygens (including phenoxy) is 6. The molecule has 13 fully saturated rings. The van der Waals surface area contributed by atoms with E-state index in [-0.39, 0.29) is 103 Å². The Balaban J connectivity index is 0.000000197. The van der Waals surface area contributed by atoms with Crippen LogP contribution in [0.3, 0.4) is 0 Å². The van der Waals surface area contributed by atoms with Crippen LogP contribution in [0.4, 0.5) is 0 Å². The van der Waals surface area contributed by atoms with Crippen molar-refractivity contribution in [3.63, 3.8) is 0 Å². The van der Waals surface area contributed by atoms with Crippen LogP contribution in [-0.2, 0) is 47.6 Å². The summed E-state index contributed by atoms with van der Waals surface area (Å²) in [4.78, 5) is 51.2. The normalized spacial score (nSPS) is 43.8. The molecule has 0 aromatic rings. The second kappa shape index (κ2) is 21.9. The van der Waals surface area contributed by atoms with Gasteiger partial charge in [-0.1, -0.05) is 69.7 Å². The molecule has 70 heavy (non-hydrogen) atoms. The molecule has 400 valence electrons. The molecule has 13 saturated carbocycles. The molecule has 0 radical (unpaired) electrons. The van der Waals surface area contributed by atoms with Gasteiger partial charge in [-0.25, -0.2) is 0 Å². The highest BCUT2D eigenvalue weighted by Gasteiger charge is 2.68. The average molecular weight is 981 g/mol. The summed E-state index contributed by atoms with van der Waals surface area (Å²) >= 11 is 0. The van der Waals surface area contributed by atoms with Gasteiger partial charge in [0.15, 0.2) is 13.6 Å². The number of carbonyl (C=O) groups excluding carboxylic acids is 4. The first-order chi connectivity index (χ1) is 31.8. The van der Waals surface area contributed by atoms with Crippen LogP contribution in [0.15, 0.2) is 0 Å². The summed E-state index contributed by atoms with van der Waals surface area (Å²) in [7, 11) is 0. The van der Waals surface area contributed by atoms with Gasteiger partial charge in [0, 0.05) is 0 Å². The number of fused-ring (bicyclic) bond motifs is 18. The molecule has 0 saturated heterocycles. The van der Waals surface area contributed by atoms with Crippen molar-refractivity contribution in [3.05, 3.63) is 0 Å². The number of esters is 4. The van der Waals surface area contributed by atoms with Crippen LogP contribution in [0.2, 0.25) is 0 Å². The Morgan fingerprint density at radius 1 is 0.571 bits per heavy atom. The van der Waals surface area contributed by atoms with Crippen LogP contribution >= 0.6 is 0 Å². The van der Waals surface area contributed by atoms with Crippen molar-refractivity contribution in [1.82, 2.24) is 0 Å². The van der Waals surface area contributed by atoms with Crippen molar-refractivity contribution in [3.8, 4) is 0 Å². The Bertz CT molecular complexity index is 1790. The van der Waals surface area contributed by atoms with Crippen LogP contribution in [0.5, 0.6) is 0 Å². The number of hydrogen-bond acceptors (Lipinski definition) is 10. The Morgan fingerprint density at radius 2 is 1.04 bits per heavy atom. The third-order valence-electron chi connectivity index (χ3n) is 22.0. The Morgan fingerprint density at radius 3 is 1.54 bits per heavy atom. The second-order valence-corrected chi connectivity index (χ2v) is 25.9. The highest BCUT2D eigenvalue weighted by atomic mass is 16.7. The van der Waals surface area contributed by atoms with E-state index in [1.807, 2.05) is 34.6 Å². The minimum absolute atomic E-state index is 0. The fraction of sp³-hybridized carbons (Fsp3) is 0.933. The molecule has 13 rings (SSSR count). The van der Waals surface area contributed by atoms with Gasteiger partial charge in [0.2, 0.25) is 0 Å². The van der Waals surface area contributed by atoms with Crippen LogP contribution in [0.1, 0.15) is 199 Å². The van der Waals surface area contributed by atoms with Crippen molar-refractivity contribution in [2.24, 2.45) is 117 Å². The van der Waals surface area contributed by atoms with E-state index in [9.17, 15) is 19.2 Å². The molecule has 17 atom stereocenters. The summed E-state index contributed by atoms with van der Waals surface area (Å²) in [6.07, 6.45) is 25.0. The fourth-order valence-corrected chi connectivity index (χ4v) is 19.2. The molecular weight excluding hydrogens is 881 g/mol. The van der Waals surface area contributed by atoms with Crippen LogP contribution in [-0.4, -0.2) is 62.4 Å². The van der Waals surface area contributed by atoms with Gasteiger partial charge in [-0.05, 0) is 224 Å². The van der Waals surface area contributed by atoms with E-state index in [0.29, 0.717) is 64.6 Å². The monoisotopic (exact) mass is 981 g/mol. The maximum Gasteiger partial charge on any atom is 0.311 e. The maximum atomic E-state index is 13.2. The molecule has 13 aliphatic carbocycles. The molecule has 10 nitrogen and oxygen atoms in total. The van der Waals surface area contributed by atoms with Gasteiger partial charge in [0.25, 0.3) is 0 Å². The summed E-state index contributed by atoms with van der Waals surface area (Å²) < 4.78 is 35.3. The van der Waals surface area contributed by atoms with Gasteiger partial charge < -0.3 is 28.4 Å². The van der Waals surface area contributed by atoms with Crippen LogP contribution in [0.25, 0.3) is 0 Å².